The molecule has 0 amide bonds. The Hall–Kier alpha value is -0.870. The Kier molecular flexibility index (Phi) is 7.10. The number of nitrogens with zero attached hydrogens (tertiary/aromatic N) is 2. The molecule has 110 valence electrons. The van der Waals surface area contributed by atoms with Crippen molar-refractivity contribution in [2.75, 3.05) is 13.7 Å². The average Bonchev–Trinajstić information content (AvgIpc) is 2.84. The van der Waals surface area contributed by atoms with Crippen LogP contribution in [0, 0.1) is 0 Å². The van der Waals surface area contributed by atoms with Crippen LogP contribution in [0.25, 0.3) is 0 Å². The topological polar surface area (TPSA) is 39.1 Å². The van der Waals surface area contributed by atoms with E-state index in [1.165, 1.54) is 5.69 Å². The minimum absolute atomic E-state index is 0.328. The first-order valence-corrected chi connectivity index (χ1v) is 7.37. The summed E-state index contributed by atoms with van der Waals surface area (Å²) in [5.74, 6) is 0. The Morgan fingerprint density at radius 1 is 1.32 bits per heavy atom. The first-order valence-electron chi connectivity index (χ1n) is 7.37. The van der Waals surface area contributed by atoms with E-state index in [9.17, 15) is 0 Å². The van der Waals surface area contributed by atoms with Crippen molar-refractivity contribution in [3.8, 4) is 0 Å². The van der Waals surface area contributed by atoms with Gasteiger partial charge in [0.25, 0.3) is 0 Å². The van der Waals surface area contributed by atoms with Crippen LogP contribution in [0.2, 0.25) is 0 Å². The molecule has 0 saturated carbocycles. The van der Waals surface area contributed by atoms with E-state index in [1.54, 1.807) is 7.11 Å². The minimum atomic E-state index is 0.328. The Balaban J connectivity index is 2.51. The van der Waals surface area contributed by atoms with Crippen molar-refractivity contribution in [2.24, 2.45) is 0 Å². The van der Waals surface area contributed by atoms with Gasteiger partial charge in [0.1, 0.15) is 0 Å². The molecular formula is C15H29N3O. The molecule has 1 rings (SSSR count). The van der Waals surface area contributed by atoms with Crippen LogP contribution in [0.5, 0.6) is 0 Å². The Morgan fingerprint density at radius 3 is 2.58 bits per heavy atom. The summed E-state index contributed by atoms with van der Waals surface area (Å²) in [6, 6.07) is 3.04. The molecule has 1 aromatic rings. The van der Waals surface area contributed by atoms with Crippen LogP contribution in [0.4, 0.5) is 0 Å². The molecule has 0 fully saturated rings. The van der Waals surface area contributed by atoms with E-state index < -0.39 is 0 Å². The van der Waals surface area contributed by atoms with E-state index >= 15 is 0 Å². The van der Waals surface area contributed by atoms with Crippen molar-refractivity contribution < 1.29 is 4.74 Å². The summed E-state index contributed by atoms with van der Waals surface area (Å²) in [5.41, 5.74) is 1.17. The van der Waals surface area contributed by atoms with Crippen LogP contribution in [0.15, 0.2) is 12.3 Å². The lowest BCUT2D eigenvalue weighted by atomic mass is 10.0. The summed E-state index contributed by atoms with van der Waals surface area (Å²) in [6.07, 6.45) is 5.59. The molecule has 1 N–H and O–H groups in total. The quantitative estimate of drug-likeness (QED) is 0.748. The summed E-state index contributed by atoms with van der Waals surface area (Å²) < 4.78 is 7.34. The lowest BCUT2D eigenvalue weighted by Gasteiger charge is -2.18. The highest BCUT2D eigenvalue weighted by molar-refractivity contribution is 5.02. The van der Waals surface area contributed by atoms with E-state index in [-0.39, 0.29) is 0 Å². The average molecular weight is 267 g/mol. The molecular weight excluding hydrogens is 238 g/mol. The van der Waals surface area contributed by atoms with Gasteiger partial charge in [0.05, 0.1) is 11.8 Å². The highest BCUT2D eigenvalue weighted by atomic mass is 16.5. The summed E-state index contributed by atoms with van der Waals surface area (Å²) in [6.45, 7) is 9.57. The Bertz CT molecular complexity index is 349. The number of aromatic nitrogens is 2. The number of hydrogen-bond donors (Lipinski definition) is 1. The SMILES string of the molecule is CCNC(CCC(C)OC)Cc1ccn(C(C)C)n1. The lowest BCUT2D eigenvalue weighted by Crippen LogP contribution is -2.32. The fourth-order valence-corrected chi connectivity index (χ4v) is 2.15. The fraction of sp³-hybridized carbons (Fsp3) is 0.800. The Labute approximate surface area is 117 Å². The van der Waals surface area contributed by atoms with Crippen LogP contribution < -0.4 is 5.32 Å². The molecule has 2 atom stereocenters. The molecule has 0 radical (unpaired) electrons. The van der Waals surface area contributed by atoms with Gasteiger partial charge in [-0.2, -0.15) is 5.10 Å². The van der Waals surface area contributed by atoms with Gasteiger partial charge >= 0.3 is 0 Å². The van der Waals surface area contributed by atoms with Crippen molar-refractivity contribution in [2.45, 2.75) is 65.1 Å². The van der Waals surface area contributed by atoms with Crippen molar-refractivity contribution in [3.05, 3.63) is 18.0 Å². The van der Waals surface area contributed by atoms with E-state index in [0.29, 0.717) is 18.2 Å². The third-order valence-corrected chi connectivity index (χ3v) is 3.47. The zero-order chi connectivity index (χ0) is 14.3. The predicted molar refractivity (Wildman–Crippen MR) is 79.5 cm³/mol. The predicted octanol–water partition coefficient (Wildman–Crippen LogP) is 2.80. The molecule has 19 heavy (non-hydrogen) atoms. The van der Waals surface area contributed by atoms with Gasteiger partial charge in [-0.25, -0.2) is 0 Å². The third-order valence-electron chi connectivity index (χ3n) is 3.47. The van der Waals surface area contributed by atoms with Crippen molar-refractivity contribution >= 4 is 0 Å². The van der Waals surface area contributed by atoms with Crippen LogP contribution >= 0.6 is 0 Å². The van der Waals surface area contributed by atoms with Gasteiger partial charge in [-0.15, -0.1) is 0 Å². The molecule has 1 heterocycles. The van der Waals surface area contributed by atoms with Gasteiger partial charge in [-0.3, -0.25) is 4.68 Å². The first-order chi connectivity index (χ1) is 9.06. The maximum Gasteiger partial charge on any atom is 0.0640 e. The normalized spacial score (nSPS) is 14.8. The molecule has 1 aromatic heterocycles. The minimum Gasteiger partial charge on any atom is -0.382 e. The fourth-order valence-electron chi connectivity index (χ4n) is 2.15. The summed E-state index contributed by atoms with van der Waals surface area (Å²) >= 11 is 0. The molecule has 4 heteroatoms. The molecule has 2 unspecified atom stereocenters. The van der Waals surface area contributed by atoms with E-state index in [4.69, 9.17) is 4.74 Å². The monoisotopic (exact) mass is 267 g/mol. The highest BCUT2D eigenvalue weighted by Gasteiger charge is 2.12. The van der Waals surface area contributed by atoms with Gasteiger partial charge in [-0.1, -0.05) is 6.92 Å². The summed E-state index contributed by atoms with van der Waals surface area (Å²) in [7, 11) is 1.78. The molecule has 0 aliphatic carbocycles. The molecule has 0 saturated heterocycles. The second kappa shape index (κ2) is 8.33. The number of hydrogen-bond acceptors (Lipinski definition) is 3. The van der Waals surface area contributed by atoms with Gasteiger partial charge in [0.2, 0.25) is 0 Å². The van der Waals surface area contributed by atoms with Crippen molar-refractivity contribution in [1.82, 2.24) is 15.1 Å². The maximum atomic E-state index is 5.32. The Morgan fingerprint density at radius 2 is 2.05 bits per heavy atom. The van der Waals surface area contributed by atoms with Gasteiger partial charge < -0.3 is 10.1 Å². The maximum absolute atomic E-state index is 5.32. The van der Waals surface area contributed by atoms with Crippen LogP contribution in [-0.2, 0) is 11.2 Å². The number of nitrogens with one attached hydrogen (secondary N) is 1. The molecule has 0 spiro atoms. The van der Waals surface area contributed by atoms with Gasteiger partial charge in [0.15, 0.2) is 0 Å². The summed E-state index contributed by atoms with van der Waals surface area (Å²) in [5, 5.41) is 8.17. The van der Waals surface area contributed by atoms with Crippen molar-refractivity contribution in [1.29, 1.82) is 0 Å². The third kappa shape index (κ3) is 5.74. The zero-order valence-electron chi connectivity index (χ0n) is 13.0. The molecule has 0 bridgehead atoms. The smallest absolute Gasteiger partial charge is 0.0640 e. The second-order valence-corrected chi connectivity index (χ2v) is 5.46. The number of ether oxygens (including phenoxy) is 1. The molecule has 4 nitrogen and oxygen atoms in total. The van der Waals surface area contributed by atoms with Crippen molar-refractivity contribution in [3.63, 3.8) is 0 Å². The molecule has 0 aromatic carbocycles. The number of likely N-dealkylation sites (N-methyl/N-ethyl adjacent to an activating group) is 1. The van der Waals surface area contributed by atoms with E-state index in [2.05, 4.69) is 50.4 Å². The lowest BCUT2D eigenvalue weighted by molar-refractivity contribution is 0.106. The molecule has 0 aliphatic rings. The first kappa shape index (κ1) is 16.2. The highest BCUT2D eigenvalue weighted by Crippen LogP contribution is 2.11. The standard InChI is InChI=1S/C15H29N3O/c1-6-16-14(8-7-13(4)19-5)11-15-9-10-18(17-15)12(2)3/h9-10,12-14,16H,6-8,11H2,1-5H3. The largest absolute Gasteiger partial charge is 0.382 e. The van der Waals surface area contributed by atoms with Crippen LogP contribution in [0.1, 0.15) is 52.3 Å². The van der Waals surface area contributed by atoms with E-state index in [0.717, 1.165) is 25.8 Å². The number of methoxy groups -OCH3 is 1. The second-order valence-electron chi connectivity index (χ2n) is 5.46. The van der Waals surface area contributed by atoms with Crippen LogP contribution in [-0.4, -0.2) is 35.6 Å². The summed E-state index contributed by atoms with van der Waals surface area (Å²) in [4.78, 5) is 0. The number of rotatable bonds is 9. The van der Waals surface area contributed by atoms with Gasteiger partial charge in [-0.05, 0) is 46.2 Å². The zero-order valence-corrected chi connectivity index (χ0v) is 13.0. The molecule has 0 aliphatic heterocycles. The van der Waals surface area contributed by atoms with Gasteiger partial charge in [0, 0.05) is 31.8 Å². The van der Waals surface area contributed by atoms with E-state index in [1.807, 2.05) is 4.68 Å². The van der Waals surface area contributed by atoms with Crippen LogP contribution in [0.3, 0.4) is 0 Å².